The highest BCUT2D eigenvalue weighted by Gasteiger charge is 2.30. The van der Waals surface area contributed by atoms with Gasteiger partial charge in [0.2, 0.25) is 10.0 Å². The third kappa shape index (κ3) is 4.06. The molecule has 0 bridgehead atoms. The van der Waals surface area contributed by atoms with Gasteiger partial charge in [-0.2, -0.15) is 0 Å². The van der Waals surface area contributed by atoms with E-state index in [9.17, 15) is 13.2 Å². The highest BCUT2D eigenvalue weighted by molar-refractivity contribution is 7.89. The predicted molar refractivity (Wildman–Crippen MR) is 82.8 cm³/mol. The molecule has 1 aromatic carbocycles. The van der Waals surface area contributed by atoms with Crippen LogP contribution in [0.3, 0.4) is 0 Å². The largest absolute Gasteiger partial charge is 0.378 e. The van der Waals surface area contributed by atoms with Crippen LogP contribution in [-0.2, 0) is 14.8 Å². The minimum Gasteiger partial charge on any atom is -0.378 e. The van der Waals surface area contributed by atoms with E-state index in [2.05, 4.69) is 19.2 Å². The minimum absolute atomic E-state index is 0.00638. The van der Waals surface area contributed by atoms with Crippen LogP contribution < -0.4 is 10.5 Å². The molecule has 22 heavy (non-hydrogen) atoms. The molecule has 1 amide bonds. The Morgan fingerprint density at radius 2 is 2.00 bits per heavy atom. The molecule has 0 spiro atoms. The number of carbonyl (C=O) groups excluding carboxylic acids is 1. The number of hydrogen-bond donors (Lipinski definition) is 2. The molecular weight excluding hydrogens is 304 g/mol. The van der Waals surface area contributed by atoms with Gasteiger partial charge in [0.25, 0.3) is 5.91 Å². The van der Waals surface area contributed by atoms with E-state index >= 15 is 0 Å². The van der Waals surface area contributed by atoms with Crippen LogP contribution in [0.2, 0.25) is 0 Å². The van der Waals surface area contributed by atoms with Crippen molar-refractivity contribution in [2.45, 2.75) is 31.3 Å². The maximum atomic E-state index is 12.1. The number of hydrogen-bond acceptors (Lipinski definition) is 4. The Balaban J connectivity index is 1.95. The van der Waals surface area contributed by atoms with Crippen molar-refractivity contribution in [2.75, 3.05) is 13.2 Å². The lowest BCUT2D eigenvalue weighted by molar-refractivity contribution is 0.0533. The van der Waals surface area contributed by atoms with Crippen molar-refractivity contribution >= 4 is 15.9 Å². The molecule has 1 saturated heterocycles. The third-order valence-electron chi connectivity index (χ3n) is 3.89. The topological polar surface area (TPSA) is 98.5 Å². The average molecular weight is 326 g/mol. The summed E-state index contributed by atoms with van der Waals surface area (Å²) in [7, 11) is -3.74. The van der Waals surface area contributed by atoms with E-state index < -0.39 is 10.0 Å². The number of carbonyl (C=O) groups is 1. The first-order valence-electron chi connectivity index (χ1n) is 7.31. The predicted octanol–water partition coefficient (Wildman–Crippen LogP) is 1.12. The van der Waals surface area contributed by atoms with Crippen LogP contribution in [0.25, 0.3) is 0 Å². The van der Waals surface area contributed by atoms with Gasteiger partial charge in [-0.25, -0.2) is 13.6 Å². The molecule has 1 aromatic rings. The van der Waals surface area contributed by atoms with Crippen LogP contribution in [0, 0.1) is 11.8 Å². The number of ether oxygens (including phenoxy) is 1. The molecule has 0 aromatic heterocycles. The maximum absolute atomic E-state index is 12.1. The molecule has 2 unspecified atom stereocenters. The third-order valence-corrected chi connectivity index (χ3v) is 4.82. The molecule has 6 nitrogen and oxygen atoms in total. The summed E-state index contributed by atoms with van der Waals surface area (Å²) in [6.07, 6.45) is 1.11. The second-order valence-electron chi connectivity index (χ2n) is 5.91. The van der Waals surface area contributed by atoms with E-state index in [1.807, 2.05) is 0 Å². The number of rotatable bonds is 5. The molecule has 2 rings (SSSR count). The highest BCUT2D eigenvalue weighted by Crippen LogP contribution is 2.26. The van der Waals surface area contributed by atoms with E-state index in [1.165, 1.54) is 24.3 Å². The van der Waals surface area contributed by atoms with Crippen molar-refractivity contribution in [3.63, 3.8) is 0 Å². The lowest BCUT2D eigenvalue weighted by atomic mass is 9.93. The van der Waals surface area contributed by atoms with Gasteiger partial charge in [-0.3, -0.25) is 4.79 Å². The van der Waals surface area contributed by atoms with Gasteiger partial charge >= 0.3 is 0 Å². The molecule has 2 atom stereocenters. The summed E-state index contributed by atoms with van der Waals surface area (Å²) in [5.74, 6) is 0.501. The van der Waals surface area contributed by atoms with E-state index in [-0.39, 0.29) is 16.9 Å². The van der Waals surface area contributed by atoms with Crippen LogP contribution in [-0.4, -0.2) is 33.6 Å². The van der Waals surface area contributed by atoms with E-state index in [0.717, 1.165) is 13.0 Å². The number of benzene rings is 1. The smallest absolute Gasteiger partial charge is 0.251 e. The van der Waals surface area contributed by atoms with E-state index in [1.54, 1.807) is 0 Å². The van der Waals surface area contributed by atoms with E-state index in [4.69, 9.17) is 9.88 Å². The van der Waals surface area contributed by atoms with Gasteiger partial charge in [-0.15, -0.1) is 0 Å². The number of primary sulfonamides is 1. The summed E-state index contributed by atoms with van der Waals surface area (Å²) in [6, 6.07) is 5.58. The fourth-order valence-corrected chi connectivity index (χ4v) is 3.25. The molecule has 1 aliphatic rings. The van der Waals surface area contributed by atoms with Crippen molar-refractivity contribution in [1.29, 1.82) is 0 Å². The quantitative estimate of drug-likeness (QED) is 0.847. The number of nitrogens with one attached hydrogen (secondary N) is 1. The Morgan fingerprint density at radius 1 is 1.36 bits per heavy atom. The Kier molecular flexibility index (Phi) is 5.20. The molecule has 0 aliphatic carbocycles. The monoisotopic (exact) mass is 326 g/mol. The zero-order valence-corrected chi connectivity index (χ0v) is 13.6. The number of nitrogens with two attached hydrogens (primary N) is 1. The maximum Gasteiger partial charge on any atom is 0.251 e. The van der Waals surface area contributed by atoms with Crippen LogP contribution in [0.5, 0.6) is 0 Å². The zero-order valence-electron chi connectivity index (χ0n) is 12.8. The SMILES string of the molecule is CC(C)C1OCCC1CNC(=O)c1ccc(S(N)(=O)=O)cc1. The molecule has 1 heterocycles. The van der Waals surface area contributed by atoms with Gasteiger partial charge in [0, 0.05) is 24.6 Å². The Morgan fingerprint density at radius 3 is 2.55 bits per heavy atom. The summed E-state index contributed by atoms with van der Waals surface area (Å²) in [6.45, 7) is 5.50. The summed E-state index contributed by atoms with van der Waals surface area (Å²) < 4.78 is 28.0. The van der Waals surface area contributed by atoms with Crippen LogP contribution in [0.1, 0.15) is 30.6 Å². The standard InChI is InChI=1S/C15H22N2O4S/c1-10(2)14-12(7-8-21-14)9-17-15(18)11-3-5-13(6-4-11)22(16,19)20/h3-6,10,12,14H,7-9H2,1-2H3,(H,17,18)(H2,16,19,20). The molecule has 0 radical (unpaired) electrons. The van der Waals surface area contributed by atoms with Gasteiger partial charge < -0.3 is 10.1 Å². The fraction of sp³-hybridized carbons (Fsp3) is 0.533. The van der Waals surface area contributed by atoms with Crippen LogP contribution in [0.4, 0.5) is 0 Å². The normalized spacial score (nSPS) is 22.0. The molecule has 1 fully saturated rings. The molecule has 122 valence electrons. The molecule has 1 aliphatic heterocycles. The lowest BCUT2D eigenvalue weighted by Gasteiger charge is -2.22. The Hall–Kier alpha value is -1.44. The van der Waals surface area contributed by atoms with E-state index in [0.29, 0.717) is 23.9 Å². The molecule has 0 saturated carbocycles. The Bertz CT molecular complexity index is 625. The first-order valence-corrected chi connectivity index (χ1v) is 8.86. The van der Waals surface area contributed by atoms with Crippen molar-refractivity contribution < 1.29 is 17.9 Å². The minimum atomic E-state index is -3.74. The number of sulfonamides is 1. The second kappa shape index (κ2) is 6.76. The Labute approximate surface area is 131 Å². The first-order chi connectivity index (χ1) is 10.3. The highest BCUT2D eigenvalue weighted by atomic mass is 32.2. The van der Waals surface area contributed by atoms with Crippen LogP contribution >= 0.6 is 0 Å². The average Bonchev–Trinajstić information content (AvgIpc) is 2.92. The number of amides is 1. The lowest BCUT2D eigenvalue weighted by Crippen LogP contribution is -2.34. The summed E-state index contributed by atoms with van der Waals surface area (Å²) >= 11 is 0. The molecule has 3 N–H and O–H groups in total. The van der Waals surface area contributed by atoms with Crippen molar-refractivity contribution in [1.82, 2.24) is 5.32 Å². The zero-order chi connectivity index (χ0) is 16.3. The van der Waals surface area contributed by atoms with Crippen LogP contribution in [0.15, 0.2) is 29.2 Å². The summed E-state index contributed by atoms with van der Waals surface area (Å²) in [5.41, 5.74) is 0.410. The first kappa shape index (κ1) is 16.9. The van der Waals surface area contributed by atoms with Gasteiger partial charge in [-0.1, -0.05) is 13.8 Å². The van der Waals surface area contributed by atoms with Crippen molar-refractivity contribution in [2.24, 2.45) is 17.0 Å². The van der Waals surface area contributed by atoms with Gasteiger partial charge in [0.05, 0.1) is 11.0 Å². The summed E-state index contributed by atoms with van der Waals surface area (Å²) in [5, 5.41) is 7.91. The van der Waals surface area contributed by atoms with Gasteiger partial charge in [0.1, 0.15) is 0 Å². The van der Waals surface area contributed by atoms with Gasteiger partial charge in [-0.05, 0) is 36.6 Å². The van der Waals surface area contributed by atoms with Gasteiger partial charge in [0.15, 0.2) is 0 Å². The second-order valence-corrected chi connectivity index (χ2v) is 7.47. The van der Waals surface area contributed by atoms with Crippen molar-refractivity contribution in [3.8, 4) is 0 Å². The molecule has 7 heteroatoms. The summed E-state index contributed by atoms with van der Waals surface area (Å²) in [4.78, 5) is 12.1. The molecular formula is C15H22N2O4S. The van der Waals surface area contributed by atoms with Crippen molar-refractivity contribution in [3.05, 3.63) is 29.8 Å². The fourth-order valence-electron chi connectivity index (χ4n) is 2.73.